The number of hydrogen-bond donors (Lipinski definition) is 0. The second-order valence-electron chi connectivity index (χ2n) is 5.56. The van der Waals surface area contributed by atoms with E-state index in [2.05, 4.69) is 39.0 Å². The van der Waals surface area contributed by atoms with Crippen LogP contribution in [0.2, 0.25) is 0 Å². The van der Waals surface area contributed by atoms with E-state index >= 15 is 0 Å². The summed E-state index contributed by atoms with van der Waals surface area (Å²) in [4.78, 5) is 18.8. The molecule has 3 nitrogen and oxygen atoms in total. The molecule has 0 aliphatic rings. The van der Waals surface area contributed by atoms with Gasteiger partial charge in [-0.05, 0) is 57.4 Å². The van der Waals surface area contributed by atoms with Crippen LogP contribution in [0.4, 0.5) is 0 Å². The monoisotopic (exact) mass is 316 g/mol. The maximum Gasteiger partial charge on any atom is 0.232 e. The molecular formula is C18H24N2OS. The lowest BCUT2D eigenvalue weighted by Gasteiger charge is -2.18. The van der Waals surface area contributed by atoms with Gasteiger partial charge < -0.3 is 4.90 Å². The van der Waals surface area contributed by atoms with E-state index in [1.807, 2.05) is 18.7 Å². The van der Waals surface area contributed by atoms with Crippen molar-refractivity contribution in [1.82, 2.24) is 9.88 Å². The fourth-order valence-electron chi connectivity index (χ4n) is 2.56. The van der Waals surface area contributed by atoms with E-state index in [4.69, 9.17) is 4.98 Å². The van der Waals surface area contributed by atoms with E-state index in [9.17, 15) is 4.79 Å². The molecule has 118 valence electrons. The molecule has 2 aromatic rings. The zero-order chi connectivity index (χ0) is 16.3. The lowest BCUT2D eigenvalue weighted by molar-refractivity contribution is -0.127. The standard InChI is InChI=1S/C18H24N2OS/c1-6-20(7-2)16(21)11-22-18-14(5)10-15-12(3)8-9-13(4)17(15)19-18/h8-10H,6-7,11H2,1-5H3. The van der Waals surface area contributed by atoms with Crippen LogP contribution in [-0.4, -0.2) is 34.6 Å². The summed E-state index contributed by atoms with van der Waals surface area (Å²) >= 11 is 1.54. The molecule has 1 aromatic carbocycles. The maximum absolute atomic E-state index is 12.2. The van der Waals surface area contributed by atoms with E-state index in [0.717, 1.165) is 29.2 Å². The molecule has 0 aliphatic carbocycles. The number of hydrogen-bond acceptors (Lipinski definition) is 3. The van der Waals surface area contributed by atoms with Gasteiger partial charge in [0.05, 0.1) is 11.3 Å². The van der Waals surface area contributed by atoms with Gasteiger partial charge in [-0.1, -0.05) is 23.9 Å². The van der Waals surface area contributed by atoms with Crippen LogP contribution in [0.15, 0.2) is 23.2 Å². The van der Waals surface area contributed by atoms with Crippen LogP contribution in [0, 0.1) is 20.8 Å². The first-order valence-electron chi connectivity index (χ1n) is 7.76. The van der Waals surface area contributed by atoms with Gasteiger partial charge in [-0.3, -0.25) is 4.79 Å². The minimum atomic E-state index is 0.178. The quantitative estimate of drug-likeness (QED) is 0.778. The average Bonchev–Trinajstić information content (AvgIpc) is 2.50. The second-order valence-corrected chi connectivity index (χ2v) is 6.52. The Balaban J connectivity index is 2.27. The van der Waals surface area contributed by atoms with Crippen LogP contribution >= 0.6 is 11.8 Å². The number of carbonyl (C=O) groups is 1. The van der Waals surface area contributed by atoms with Gasteiger partial charge in [0, 0.05) is 18.5 Å². The van der Waals surface area contributed by atoms with Gasteiger partial charge in [-0.15, -0.1) is 0 Å². The summed E-state index contributed by atoms with van der Waals surface area (Å²) < 4.78 is 0. The van der Waals surface area contributed by atoms with Crippen molar-refractivity contribution in [3.05, 3.63) is 34.9 Å². The summed E-state index contributed by atoms with van der Waals surface area (Å²) in [5.74, 6) is 0.628. The fraction of sp³-hybridized carbons (Fsp3) is 0.444. The Morgan fingerprint density at radius 2 is 1.73 bits per heavy atom. The lowest BCUT2D eigenvalue weighted by atomic mass is 10.0. The minimum Gasteiger partial charge on any atom is -0.343 e. The van der Waals surface area contributed by atoms with Gasteiger partial charge >= 0.3 is 0 Å². The molecular weight excluding hydrogens is 292 g/mol. The van der Waals surface area contributed by atoms with Gasteiger partial charge in [-0.2, -0.15) is 0 Å². The minimum absolute atomic E-state index is 0.178. The Kier molecular flexibility index (Phi) is 5.46. The first kappa shape index (κ1) is 16.8. The number of rotatable bonds is 5. The highest BCUT2D eigenvalue weighted by molar-refractivity contribution is 7.99. The number of aromatic nitrogens is 1. The SMILES string of the molecule is CCN(CC)C(=O)CSc1nc2c(C)ccc(C)c2cc1C. The highest BCUT2D eigenvalue weighted by atomic mass is 32.2. The number of carbonyl (C=O) groups excluding carboxylic acids is 1. The van der Waals surface area contributed by atoms with Crippen LogP contribution in [0.25, 0.3) is 10.9 Å². The topological polar surface area (TPSA) is 33.2 Å². The van der Waals surface area contributed by atoms with E-state index in [0.29, 0.717) is 5.75 Å². The predicted molar refractivity (Wildman–Crippen MR) is 94.6 cm³/mol. The average molecular weight is 316 g/mol. The molecule has 1 aromatic heterocycles. The normalized spacial score (nSPS) is 11.0. The fourth-order valence-corrected chi connectivity index (χ4v) is 3.45. The summed E-state index contributed by atoms with van der Waals surface area (Å²) in [6.45, 7) is 11.8. The molecule has 0 bridgehead atoms. The van der Waals surface area contributed by atoms with Crippen LogP contribution in [0.3, 0.4) is 0 Å². The third-order valence-electron chi connectivity index (χ3n) is 4.00. The van der Waals surface area contributed by atoms with Gasteiger partial charge in [0.1, 0.15) is 5.03 Å². The molecule has 0 atom stereocenters. The molecule has 0 spiro atoms. The van der Waals surface area contributed by atoms with E-state index in [1.54, 1.807) is 11.8 Å². The molecule has 4 heteroatoms. The molecule has 22 heavy (non-hydrogen) atoms. The van der Waals surface area contributed by atoms with Crippen molar-refractivity contribution in [1.29, 1.82) is 0 Å². The van der Waals surface area contributed by atoms with Crippen molar-refractivity contribution in [3.63, 3.8) is 0 Å². The van der Waals surface area contributed by atoms with Gasteiger partial charge in [0.15, 0.2) is 0 Å². The number of benzene rings is 1. The number of amides is 1. The van der Waals surface area contributed by atoms with Crippen LogP contribution in [0.1, 0.15) is 30.5 Å². The van der Waals surface area contributed by atoms with Crippen molar-refractivity contribution in [2.75, 3.05) is 18.8 Å². The van der Waals surface area contributed by atoms with Crippen LogP contribution in [-0.2, 0) is 4.79 Å². The Hall–Kier alpha value is -1.55. The predicted octanol–water partition coefficient (Wildman–Crippen LogP) is 4.12. The number of pyridine rings is 1. The Labute approximate surface area is 137 Å². The van der Waals surface area contributed by atoms with Crippen molar-refractivity contribution in [2.24, 2.45) is 0 Å². The van der Waals surface area contributed by atoms with E-state index in [1.165, 1.54) is 16.5 Å². The number of thioether (sulfide) groups is 1. The van der Waals surface area contributed by atoms with Gasteiger partial charge in [0.2, 0.25) is 5.91 Å². The molecule has 1 heterocycles. The van der Waals surface area contributed by atoms with Crippen molar-refractivity contribution < 1.29 is 4.79 Å². The highest BCUT2D eigenvalue weighted by Crippen LogP contribution is 2.28. The molecule has 0 fully saturated rings. The highest BCUT2D eigenvalue weighted by Gasteiger charge is 2.13. The first-order chi connectivity index (χ1) is 10.5. The lowest BCUT2D eigenvalue weighted by Crippen LogP contribution is -2.31. The Bertz CT molecular complexity index is 693. The summed E-state index contributed by atoms with van der Waals surface area (Å²) in [6, 6.07) is 6.43. The maximum atomic E-state index is 12.2. The van der Waals surface area contributed by atoms with Gasteiger partial charge in [-0.25, -0.2) is 4.98 Å². The van der Waals surface area contributed by atoms with Crippen molar-refractivity contribution in [2.45, 2.75) is 39.6 Å². The molecule has 0 saturated heterocycles. The second kappa shape index (κ2) is 7.14. The third kappa shape index (κ3) is 3.43. The van der Waals surface area contributed by atoms with Crippen LogP contribution < -0.4 is 0 Å². The number of fused-ring (bicyclic) bond motifs is 1. The summed E-state index contributed by atoms with van der Waals surface area (Å²) in [5.41, 5.74) is 4.60. The first-order valence-corrected chi connectivity index (χ1v) is 8.74. The molecule has 0 saturated carbocycles. The van der Waals surface area contributed by atoms with Gasteiger partial charge in [0.25, 0.3) is 0 Å². The molecule has 0 N–H and O–H groups in total. The Morgan fingerprint density at radius 1 is 1.09 bits per heavy atom. The van der Waals surface area contributed by atoms with Crippen molar-refractivity contribution >= 4 is 28.6 Å². The molecule has 0 radical (unpaired) electrons. The third-order valence-corrected chi connectivity index (χ3v) is 5.07. The summed E-state index contributed by atoms with van der Waals surface area (Å²) in [5, 5.41) is 2.17. The van der Waals surface area contributed by atoms with Crippen molar-refractivity contribution in [3.8, 4) is 0 Å². The molecule has 2 rings (SSSR count). The molecule has 0 aliphatic heterocycles. The molecule has 1 amide bonds. The Morgan fingerprint density at radius 3 is 2.36 bits per heavy atom. The number of aryl methyl sites for hydroxylation is 3. The van der Waals surface area contributed by atoms with Crippen LogP contribution in [0.5, 0.6) is 0 Å². The molecule has 0 unspecified atom stereocenters. The zero-order valence-electron chi connectivity index (χ0n) is 14.1. The summed E-state index contributed by atoms with van der Waals surface area (Å²) in [6.07, 6.45) is 0. The van der Waals surface area contributed by atoms with E-state index in [-0.39, 0.29) is 5.91 Å². The largest absolute Gasteiger partial charge is 0.343 e. The van der Waals surface area contributed by atoms with E-state index < -0.39 is 0 Å². The number of nitrogens with zero attached hydrogens (tertiary/aromatic N) is 2. The zero-order valence-corrected chi connectivity index (χ0v) is 14.9. The summed E-state index contributed by atoms with van der Waals surface area (Å²) in [7, 11) is 0. The smallest absolute Gasteiger partial charge is 0.232 e.